The lowest BCUT2D eigenvalue weighted by Crippen LogP contribution is -2.39. The maximum absolute atomic E-state index is 13.2. The SMILES string of the molecule is CC(C)CN(CC(C)C)C(=O)Cn1c(C2CCCCC2)nc2ccccc21. The second-order valence-corrected chi connectivity index (χ2v) is 8.97. The fourth-order valence-electron chi connectivity index (χ4n) is 4.33. The number of hydrogen-bond acceptors (Lipinski definition) is 2. The minimum atomic E-state index is 0.220. The second-order valence-electron chi connectivity index (χ2n) is 8.97. The van der Waals surface area contributed by atoms with Crippen LogP contribution in [-0.4, -0.2) is 33.4 Å². The fraction of sp³-hybridized carbons (Fsp3) is 0.652. The molecule has 3 rings (SSSR count). The Labute approximate surface area is 164 Å². The van der Waals surface area contributed by atoms with Crippen LogP contribution in [0.4, 0.5) is 0 Å². The van der Waals surface area contributed by atoms with E-state index in [1.807, 2.05) is 6.07 Å². The summed E-state index contributed by atoms with van der Waals surface area (Å²) in [6.07, 6.45) is 6.26. The van der Waals surface area contributed by atoms with E-state index in [4.69, 9.17) is 4.98 Å². The van der Waals surface area contributed by atoms with Gasteiger partial charge in [-0.25, -0.2) is 4.98 Å². The van der Waals surface area contributed by atoms with E-state index in [0.717, 1.165) is 29.9 Å². The first kappa shape index (κ1) is 19.9. The molecule has 0 saturated heterocycles. The summed E-state index contributed by atoms with van der Waals surface area (Å²) in [5.41, 5.74) is 2.12. The predicted octanol–water partition coefficient (Wildman–Crippen LogP) is 5.22. The van der Waals surface area contributed by atoms with Crippen molar-refractivity contribution in [1.82, 2.24) is 14.5 Å². The van der Waals surface area contributed by atoms with Crippen molar-refractivity contribution in [3.63, 3.8) is 0 Å². The van der Waals surface area contributed by atoms with Crippen molar-refractivity contribution in [3.05, 3.63) is 30.1 Å². The molecule has 1 aliphatic rings. The Morgan fingerprint density at radius 1 is 1.07 bits per heavy atom. The highest BCUT2D eigenvalue weighted by molar-refractivity contribution is 5.81. The van der Waals surface area contributed by atoms with Crippen molar-refractivity contribution in [2.24, 2.45) is 11.8 Å². The summed E-state index contributed by atoms with van der Waals surface area (Å²) < 4.78 is 2.21. The molecule has 4 heteroatoms. The van der Waals surface area contributed by atoms with Crippen LogP contribution in [0, 0.1) is 11.8 Å². The van der Waals surface area contributed by atoms with Gasteiger partial charge in [-0.1, -0.05) is 59.1 Å². The van der Waals surface area contributed by atoms with E-state index in [0.29, 0.717) is 24.3 Å². The summed E-state index contributed by atoms with van der Waals surface area (Å²) in [5, 5.41) is 0. The standard InChI is InChI=1S/C23H35N3O/c1-17(2)14-25(15-18(3)4)22(27)16-26-21-13-9-8-12-20(21)24-23(26)19-10-6-5-7-11-19/h8-9,12-13,17-19H,5-7,10-11,14-16H2,1-4H3. The molecule has 0 bridgehead atoms. The Morgan fingerprint density at radius 2 is 1.70 bits per heavy atom. The van der Waals surface area contributed by atoms with E-state index in [1.54, 1.807) is 0 Å². The van der Waals surface area contributed by atoms with E-state index in [1.165, 1.54) is 32.1 Å². The van der Waals surface area contributed by atoms with Crippen molar-refractivity contribution in [2.45, 2.75) is 72.3 Å². The molecule has 1 amide bonds. The van der Waals surface area contributed by atoms with Crippen LogP contribution in [0.5, 0.6) is 0 Å². The molecule has 0 unspecified atom stereocenters. The quantitative estimate of drug-likeness (QED) is 0.671. The van der Waals surface area contributed by atoms with Crippen LogP contribution in [0.3, 0.4) is 0 Å². The van der Waals surface area contributed by atoms with Gasteiger partial charge in [0.1, 0.15) is 12.4 Å². The van der Waals surface area contributed by atoms with Gasteiger partial charge in [-0.3, -0.25) is 4.79 Å². The topological polar surface area (TPSA) is 38.1 Å². The molecule has 148 valence electrons. The third kappa shape index (κ3) is 4.91. The lowest BCUT2D eigenvalue weighted by molar-refractivity contribution is -0.132. The number of benzene rings is 1. The Hall–Kier alpha value is -1.84. The maximum Gasteiger partial charge on any atom is 0.242 e. The Morgan fingerprint density at radius 3 is 2.33 bits per heavy atom. The Bertz CT molecular complexity index is 746. The fourth-order valence-corrected chi connectivity index (χ4v) is 4.33. The average Bonchev–Trinajstić information content (AvgIpc) is 3.00. The number of nitrogens with zero attached hydrogens (tertiary/aromatic N) is 3. The number of rotatable bonds is 7. The van der Waals surface area contributed by atoms with E-state index in [-0.39, 0.29) is 5.91 Å². The summed E-state index contributed by atoms with van der Waals surface area (Å²) in [7, 11) is 0. The van der Waals surface area contributed by atoms with Crippen LogP contribution in [0.1, 0.15) is 71.5 Å². The highest BCUT2D eigenvalue weighted by Gasteiger charge is 2.25. The van der Waals surface area contributed by atoms with Crippen LogP contribution in [0.25, 0.3) is 11.0 Å². The predicted molar refractivity (Wildman–Crippen MR) is 112 cm³/mol. The first-order chi connectivity index (χ1) is 13.0. The van der Waals surface area contributed by atoms with Crippen LogP contribution >= 0.6 is 0 Å². The number of para-hydroxylation sites is 2. The zero-order chi connectivity index (χ0) is 19.4. The molecular formula is C23H35N3O. The average molecular weight is 370 g/mol. The molecular weight excluding hydrogens is 334 g/mol. The summed E-state index contributed by atoms with van der Waals surface area (Å²) in [6, 6.07) is 8.27. The van der Waals surface area contributed by atoms with E-state index in [2.05, 4.69) is 55.4 Å². The minimum absolute atomic E-state index is 0.220. The Balaban J connectivity index is 1.90. The number of carbonyl (C=O) groups excluding carboxylic acids is 1. The van der Waals surface area contributed by atoms with Gasteiger partial charge in [0.2, 0.25) is 5.91 Å². The number of hydrogen-bond donors (Lipinski definition) is 0. The number of imidazole rings is 1. The third-order valence-corrected chi connectivity index (χ3v) is 5.47. The van der Waals surface area contributed by atoms with E-state index >= 15 is 0 Å². The highest BCUT2D eigenvalue weighted by Crippen LogP contribution is 2.34. The molecule has 1 heterocycles. The van der Waals surface area contributed by atoms with Crippen molar-refractivity contribution in [3.8, 4) is 0 Å². The molecule has 1 aliphatic carbocycles. The van der Waals surface area contributed by atoms with Crippen molar-refractivity contribution in [1.29, 1.82) is 0 Å². The molecule has 4 nitrogen and oxygen atoms in total. The number of carbonyl (C=O) groups is 1. The van der Waals surface area contributed by atoms with Crippen molar-refractivity contribution in [2.75, 3.05) is 13.1 Å². The maximum atomic E-state index is 13.2. The van der Waals surface area contributed by atoms with Gasteiger partial charge in [0.05, 0.1) is 11.0 Å². The van der Waals surface area contributed by atoms with Crippen LogP contribution in [0.15, 0.2) is 24.3 Å². The third-order valence-electron chi connectivity index (χ3n) is 5.47. The molecule has 1 fully saturated rings. The molecule has 0 aliphatic heterocycles. The van der Waals surface area contributed by atoms with E-state index in [9.17, 15) is 4.79 Å². The van der Waals surface area contributed by atoms with Gasteiger partial charge in [-0.2, -0.15) is 0 Å². The van der Waals surface area contributed by atoms with E-state index < -0.39 is 0 Å². The zero-order valence-corrected chi connectivity index (χ0v) is 17.4. The lowest BCUT2D eigenvalue weighted by Gasteiger charge is -2.28. The van der Waals surface area contributed by atoms with Gasteiger partial charge in [0, 0.05) is 19.0 Å². The summed E-state index contributed by atoms with van der Waals surface area (Å²) >= 11 is 0. The molecule has 1 aromatic carbocycles. The molecule has 0 spiro atoms. The normalized spacial score (nSPS) is 15.8. The van der Waals surface area contributed by atoms with Gasteiger partial charge in [-0.15, -0.1) is 0 Å². The van der Waals surface area contributed by atoms with Crippen molar-refractivity contribution < 1.29 is 4.79 Å². The van der Waals surface area contributed by atoms with Gasteiger partial charge < -0.3 is 9.47 Å². The minimum Gasteiger partial charge on any atom is -0.341 e. The van der Waals surface area contributed by atoms with Gasteiger partial charge in [0.25, 0.3) is 0 Å². The number of fused-ring (bicyclic) bond motifs is 1. The zero-order valence-electron chi connectivity index (χ0n) is 17.4. The monoisotopic (exact) mass is 369 g/mol. The van der Waals surface area contributed by atoms with Gasteiger partial charge in [0.15, 0.2) is 0 Å². The molecule has 0 radical (unpaired) electrons. The van der Waals surface area contributed by atoms with Crippen LogP contribution in [0.2, 0.25) is 0 Å². The summed E-state index contributed by atoms with van der Waals surface area (Å²) in [5.74, 6) is 2.79. The first-order valence-corrected chi connectivity index (χ1v) is 10.7. The van der Waals surface area contributed by atoms with Crippen LogP contribution < -0.4 is 0 Å². The van der Waals surface area contributed by atoms with Crippen LogP contribution in [-0.2, 0) is 11.3 Å². The highest BCUT2D eigenvalue weighted by atomic mass is 16.2. The largest absolute Gasteiger partial charge is 0.341 e. The molecule has 0 atom stereocenters. The number of amides is 1. The van der Waals surface area contributed by atoms with Crippen molar-refractivity contribution >= 4 is 16.9 Å². The van der Waals surface area contributed by atoms with Gasteiger partial charge in [-0.05, 0) is 36.8 Å². The summed E-state index contributed by atoms with van der Waals surface area (Å²) in [4.78, 5) is 20.3. The molecule has 2 aromatic rings. The molecule has 27 heavy (non-hydrogen) atoms. The molecule has 1 aromatic heterocycles. The van der Waals surface area contributed by atoms with Gasteiger partial charge >= 0.3 is 0 Å². The smallest absolute Gasteiger partial charge is 0.242 e. The molecule has 0 N–H and O–H groups in total. The summed E-state index contributed by atoms with van der Waals surface area (Å²) in [6.45, 7) is 10.8. The lowest BCUT2D eigenvalue weighted by atomic mass is 9.88. The number of aromatic nitrogens is 2. The Kier molecular flexibility index (Phi) is 6.56. The second kappa shape index (κ2) is 8.90. The molecule has 1 saturated carbocycles. The first-order valence-electron chi connectivity index (χ1n) is 10.7.